The van der Waals surface area contributed by atoms with E-state index in [1.807, 2.05) is 13.0 Å². The average Bonchev–Trinajstić information content (AvgIpc) is 2.26. The third-order valence-corrected chi connectivity index (χ3v) is 2.63. The highest BCUT2D eigenvalue weighted by molar-refractivity contribution is 5.89. The van der Waals surface area contributed by atoms with Gasteiger partial charge in [0.15, 0.2) is 5.78 Å². The second-order valence-corrected chi connectivity index (χ2v) is 4.13. The Labute approximate surface area is 95.0 Å². The fourth-order valence-corrected chi connectivity index (χ4v) is 1.55. The number of hydrogen-bond acceptors (Lipinski definition) is 1. The highest BCUT2D eigenvalue weighted by atomic mass is 16.1. The molecule has 0 N–H and O–H groups in total. The Morgan fingerprint density at radius 3 is 2.13 bits per heavy atom. The van der Waals surface area contributed by atoms with E-state index in [2.05, 4.69) is 6.92 Å². The third-order valence-electron chi connectivity index (χ3n) is 2.63. The zero-order chi connectivity index (χ0) is 11.4. The van der Waals surface area contributed by atoms with Gasteiger partial charge in [0.25, 0.3) is 0 Å². The zero-order valence-electron chi connectivity index (χ0n) is 10.4. The van der Waals surface area contributed by atoms with Gasteiger partial charge < -0.3 is 0 Å². The first kappa shape index (κ1) is 14.4. The summed E-state index contributed by atoms with van der Waals surface area (Å²) in [5.41, 5.74) is 0. The van der Waals surface area contributed by atoms with E-state index >= 15 is 0 Å². The van der Waals surface area contributed by atoms with E-state index < -0.39 is 0 Å². The standard InChI is InChI=1S/C14H26O/c1-3-5-6-7-8-9-10-11-12-13-14(15)4-2/h12-13H,3-11H2,1-2H3. The Morgan fingerprint density at radius 2 is 1.53 bits per heavy atom. The Bertz CT molecular complexity index is 170. The number of allylic oxidation sites excluding steroid dienone is 2. The molecule has 0 saturated heterocycles. The second kappa shape index (κ2) is 11.5. The molecule has 0 aliphatic heterocycles. The average molecular weight is 210 g/mol. The molecule has 0 aliphatic rings. The molecule has 0 aromatic rings. The van der Waals surface area contributed by atoms with Crippen molar-refractivity contribution in [2.24, 2.45) is 0 Å². The lowest BCUT2D eigenvalue weighted by Crippen LogP contribution is -1.86. The topological polar surface area (TPSA) is 17.1 Å². The molecule has 0 aromatic carbocycles. The number of rotatable bonds is 10. The number of carbonyl (C=O) groups is 1. The largest absolute Gasteiger partial charge is 0.295 e. The fraction of sp³-hybridized carbons (Fsp3) is 0.786. The molecule has 0 heterocycles. The minimum Gasteiger partial charge on any atom is -0.295 e. The van der Waals surface area contributed by atoms with Gasteiger partial charge in [-0.2, -0.15) is 0 Å². The van der Waals surface area contributed by atoms with Crippen LogP contribution < -0.4 is 0 Å². The quantitative estimate of drug-likeness (QED) is 0.378. The summed E-state index contributed by atoms with van der Waals surface area (Å²) in [4.78, 5) is 10.9. The molecule has 0 fully saturated rings. The predicted octanol–water partition coefficient (Wildman–Crippen LogP) is 4.66. The first-order valence-corrected chi connectivity index (χ1v) is 6.50. The Kier molecular flexibility index (Phi) is 11.0. The minimum atomic E-state index is 0.248. The van der Waals surface area contributed by atoms with Crippen molar-refractivity contribution in [3.8, 4) is 0 Å². The molecule has 0 amide bonds. The van der Waals surface area contributed by atoms with Crippen LogP contribution in [0.2, 0.25) is 0 Å². The van der Waals surface area contributed by atoms with E-state index in [0.717, 1.165) is 6.42 Å². The molecule has 15 heavy (non-hydrogen) atoms. The van der Waals surface area contributed by atoms with Crippen molar-refractivity contribution < 1.29 is 4.79 Å². The molecule has 0 radical (unpaired) electrons. The molecule has 0 saturated carbocycles. The predicted molar refractivity (Wildman–Crippen MR) is 67.0 cm³/mol. The first-order valence-electron chi connectivity index (χ1n) is 6.50. The monoisotopic (exact) mass is 210 g/mol. The number of unbranched alkanes of at least 4 members (excludes halogenated alkanes) is 7. The van der Waals surface area contributed by atoms with Gasteiger partial charge in [0.1, 0.15) is 0 Å². The zero-order valence-corrected chi connectivity index (χ0v) is 10.4. The summed E-state index contributed by atoms with van der Waals surface area (Å²) in [6, 6.07) is 0. The van der Waals surface area contributed by atoms with Crippen LogP contribution in [0.5, 0.6) is 0 Å². The maximum absolute atomic E-state index is 10.9. The van der Waals surface area contributed by atoms with E-state index in [1.165, 1.54) is 44.9 Å². The van der Waals surface area contributed by atoms with Crippen LogP contribution >= 0.6 is 0 Å². The minimum absolute atomic E-state index is 0.248. The smallest absolute Gasteiger partial charge is 0.155 e. The van der Waals surface area contributed by atoms with Crippen LogP contribution in [-0.4, -0.2) is 5.78 Å². The summed E-state index contributed by atoms with van der Waals surface area (Å²) in [6.07, 6.45) is 14.8. The molecule has 1 heteroatoms. The van der Waals surface area contributed by atoms with Gasteiger partial charge in [0.05, 0.1) is 0 Å². The van der Waals surface area contributed by atoms with Crippen molar-refractivity contribution >= 4 is 5.78 Å². The normalized spacial score (nSPS) is 11.1. The van der Waals surface area contributed by atoms with Crippen LogP contribution in [0.25, 0.3) is 0 Å². The summed E-state index contributed by atoms with van der Waals surface area (Å²) < 4.78 is 0. The summed E-state index contributed by atoms with van der Waals surface area (Å²) in [5.74, 6) is 0.248. The van der Waals surface area contributed by atoms with Crippen LogP contribution in [0, 0.1) is 0 Å². The van der Waals surface area contributed by atoms with Gasteiger partial charge in [0, 0.05) is 6.42 Å². The van der Waals surface area contributed by atoms with E-state index in [0.29, 0.717) is 6.42 Å². The summed E-state index contributed by atoms with van der Waals surface area (Å²) >= 11 is 0. The summed E-state index contributed by atoms with van der Waals surface area (Å²) in [7, 11) is 0. The summed E-state index contributed by atoms with van der Waals surface area (Å²) in [6.45, 7) is 4.15. The van der Waals surface area contributed by atoms with Crippen LogP contribution in [0.1, 0.15) is 71.6 Å². The van der Waals surface area contributed by atoms with Crippen molar-refractivity contribution in [2.45, 2.75) is 71.6 Å². The Morgan fingerprint density at radius 1 is 0.933 bits per heavy atom. The molecule has 0 atom stereocenters. The molecule has 0 aromatic heterocycles. The maximum atomic E-state index is 10.9. The molecule has 1 nitrogen and oxygen atoms in total. The van der Waals surface area contributed by atoms with Gasteiger partial charge in [0.2, 0.25) is 0 Å². The lowest BCUT2D eigenvalue weighted by atomic mass is 10.1. The van der Waals surface area contributed by atoms with Crippen LogP contribution in [0.4, 0.5) is 0 Å². The molecular formula is C14H26O. The van der Waals surface area contributed by atoms with Gasteiger partial charge >= 0.3 is 0 Å². The molecule has 0 bridgehead atoms. The Balaban J connectivity index is 3.11. The second-order valence-electron chi connectivity index (χ2n) is 4.13. The molecular weight excluding hydrogens is 184 g/mol. The number of hydrogen-bond donors (Lipinski definition) is 0. The van der Waals surface area contributed by atoms with Crippen molar-refractivity contribution in [3.05, 3.63) is 12.2 Å². The van der Waals surface area contributed by atoms with Gasteiger partial charge in [-0.15, -0.1) is 0 Å². The molecule has 0 aliphatic carbocycles. The van der Waals surface area contributed by atoms with Gasteiger partial charge in [-0.1, -0.05) is 58.4 Å². The van der Waals surface area contributed by atoms with E-state index in [9.17, 15) is 4.79 Å². The van der Waals surface area contributed by atoms with Crippen LogP contribution in [0.3, 0.4) is 0 Å². The fourth-order valence-electron chi connectivity index (χ4n) is 1.55. The molecule has 0 unspecified atom stereocenters. The lowest BCUT2D eigenvalue weighted by molar-refractivity contribution is -0.114. The van der Waals surface area contributed by atoms with Crippen molar-refractivity contribution in [3.63, 3.8) is 0 Å². The van der Waals surface area contributed by atoms with Gasteiger partial charge in [-0.05, 0) is 18.9 Å². The van der Waals surface area contributed by atoms with Crippen molar-refractivity contribution in [2.75, 3.05) is 0 Å². The van der Waals surface area contributed by atoms with E-state index in [-0.39, 0.29) is 5.78 Å². The van der Waals surface area contributed by atoms with Crippen LogP contribution in [0.15, 0.2) is 12.2 Å². The molecule has 88 valence electrons. The highest BCUT2D eigenvalue weighted by Crippen LogP contribution is 2.08. The van der Waals surface area contributed by atoms with Crippen molar-refractivity contribution in [1.82, 2.24) is 0 Å². The van der Waals surface area contributed by atoms with Crippen LogP contribution in [-0.2, 0) is 4.79 Å². The van der Waals surface area contributed by atoms with E-state index in [4.69, 9.17) is 0 Å². The number of ketones is 1. The van der Waals surface area contributed by atoms with Gasteiger partial charge in [-0.3, -0.25) is 4.79 Å². The SMILES string of the molecule is CCCCCCCCCC=CC(=O)CC. The highest BCUT2D eigenvalue weighted by Gasteiger charge is 1.91. The first-order chi connectivity index (χ1) is 7.31. The van der Waals surface area contributed by atoms with Gasteiger partial charge in [-0.25, -0.2) is 0 Å². The van der Waals surface area contributed by atoms with Crippen molar-refractivity contribution in [1.29, 1.82) is 0 Å². The number of carbonyl (C=O) groups excluding carboxylic acids is 1. The van der Waals surface area contributed by atoms with E-state index in [1.54, 1.807) is 6.08 Å². The third kappa shape index (κ3) is 11.3. The molecule has 0 rings (SSSR count). The maximum Gasteiger partial charge on any atom is 0.155 e. The molecule has 0 spiro atoms. The Hall–Kier alpha value is -0.590. The lowest BCUT2D eigenvalue weighted by Gasteiger charge is -1.98. The summed E-state index contributed by atoms with van der Waals surface area (Å²) in [5, 5.41) is 0.